The Morgan fingerprint density at radius 1 is 1.22 bits per heavy atom. The molecule has 1 atom stereocenters. The van der Waals surface area contributed by atoms with Gasteiger partial charge in [-0.25, -0.2) is 15.0 Å². The third-order valence-electron chi connectivity index (χ3n) is 6.82. The van der Waals surface area contributed by atoms with Gasteiger partial charge in [-0.2, -0.15) is 0 Å². The van der Waals surface area contributed by atoms with Crippen LogP contribution < -0.4 is 10.2 Å². The molecule has 3 aromatic rings. The van der Waals surface area contributed by atoms with Gasteiger partial charge in [-0.05, 0) is 43.6 Å². The van der Waals surface area contributed by atoms with E-state index in [4.69, 9.17) is 4.98 Å². The maximum Gasteiger partial charge on any atom is 0.223 e. The second-order valence-corrected chi connectivity index (χ2v) is 9.97. The van der Waals surface area contributed by atoms with E-state index in [0.29, 0.717) is 0 Å². The van der Waals surface area contributed by atoms with Crippen molar-refractivity contribution in [3.05, 3.63) is 34.5 Å². The van der Waals surface area contributed by atoms with Crippen LogP contribution in [0.4, 0.5) is 5.82 Å². The van der Waals surface area contributed by atoms with E-state index in [0.717, 1.165) is 74.5 Å². The van der Waals surface area contributed by atoms with Gasteiger partial charge < -0.3 is 14.8 Å². The number of fused-ring (bicyclic) bond motifs is 3. The van der Waals surface area contributed by atoms with Crippen LogP contribution in [0, 0.1) is 5.92 Å². The number of hydrogen-bond acceptors (Lipinski definition) is 6. The fourth-order valence-electron chi connectivity index (χ4n) is 5.06. The summed E-state index contributed by atoms with van der Waals surface area (Å²) in [6, 6.07) is 4.32. The number of thiophene rings is 1. The standard InChI is InChI=1S/C24H32N6OS/c1-2-7-18(19-8-6-15-32-19)27-24(31)17-10-13-29(14-11-17)22-21-23(26-16-25-22)30-12-5-3-4-9-20(30)28-21/h6,8,15-18H,2-5,7,9-14H2,1H3,(H,27,31)/t18-/m1/s1. The highest BCUT2D eigenvalue weighted by Crippen LogP contribution is 2.30. The molecule has 0 bridgehead atoms. The summed E-state index contributed by atoms with van der Waals surface area (Å²) in [6.07, 6.45) is 10.0. The first-order chi connectivity index (χ1) is 15.7. The van der Waals surface area contributed by atoms with Gasteiger partial charge in [-0.3, -0.25) is 4.79 Å². The molecule has 8 heteroatoms. The first-order valence-corrected chi connectivity index (χ1v) is 12.9. The Morgan fingerprint density at radius 3 is 2.88 bits per heavy atom. The van der Waals surface area contributed by atoms with E-state index < -0.39 is 0 Å². The number of imidazole rings is 1. The highest BCUT2D eigenvalue weighted by Gasteiger charge is 2.29. The van der Waals surface area contributed by atoms with Crippen LogP contribution in [0.3, 0.4) is 0 Å². The van der Waals surface area contributed by atoms with Crippen molar-refractivity contribution in [2.75, 3.05) is 18.0 Å². The molecule has 5 rings (SSSR count). The number of piperidine rings is 1. The largest absolute Gasteiger partial charge is 0.355 e. The summed E-state index contributed by atoms with van der Waals surface area (Å²) in [5, 5.41) is 5.41. The lowest BCUT2D eigenvalue weighted by Gasteiger charge is -2.32. The summed E-state index contributed by atoms with van der Waals surface area (Å²) in [5.41, 5.74) is 1.89. The molecule has 1 saturated heterocycles. The summed E-state index contributed by atoms with van der Waals surface area (Å²) in [6.45, 7) is 4.81. The topological polar surface area (TPSA) is 75.9 Å². The molecule has 0 spiro atoms. The normalized spacial score (nSPS) is 18.3. The molecule has 7 nitrogen and oxygen atoms in total. The number of aryl methyl sites for hydroxylation is 2. The van der Waals surface area contributed by atoms with Gasteiger partial charge in [0.25, 0.3) is 0 Å². The number of amides is 1. The van der Waals surface area contributed by atoms with Crippen molar-refractivity contribution >= 4 is 34.2 Å². The summed E-state index contributed by atoms with van der Waals surface area (Å²) >= 11 is 1.72. The van der Waals surface area contributed by atoms with Crippen molar-refractivity contribution < 1.29 is 4.79 Å². The molecule has 0 unspecified atom stereocenters. The molecule has 0 aromatic carbocycles. The third-order valence-corrected chi connectivity index (χ3v) is 7.81. The number of rotatable bonds is 6. The first kappa shape index (κ1) is 21.4. The van der Waals surface area contributed by atoms with Crippen LogP contribution in [0.1, 0.15) is 68.6 Å². The predicted octanol–water partition coefficient (Wildman–Crippen LogP) is 4.49. The summed E-state index contributed by atoms with van der Waals surface area (Å²) in [4.78, 5) is 30.7. The number of anilines is 1. The van der Waals surface area contributed by atoms with Crippen LogP contribution in [-0.4, -0.2) is 38.5 Å². The number of aromatic nitrogens is 4. The molecule has 5 heterocycles. The van der Waals surface area contributed by atoms with E-state index in [1.165, 1.54) is 24.1 Å². The second kappa shape index (κ2) is 9.57. The summed E-state index contributed by atoms with van der Waals surface area (Å²) in [7, 11) is 0. The van der Waals surface area contributed by atoms with Gasteiger partial charge in [0.15, 0.2) is 17.0 Å². The van der Waals surface area contributed by atoms with Gasteiger partial charge >= 0.3 is 0 Å². The molecule has 32 heavy (non-hydrogen) atoms. The minimum atomic E-state index is 0.0570. The van der Waals surface area contributed by atoms with Crippen LogP contribution in [0.25, 0.3) is 11.2 Å². The molecule has 1 N–H and O–H groups in total. The van der Waals surface area contributed by atoms with Crippen molar-refractivity contribution in [1.29, 1.82) is 0 Å². The summed E-state index contributed by atoms with van der Waals surface area (Å²) in [5.74, 6) is 2.32. The van der Waals surface area contributed by atoms with Crippen molar-refractivity contribution in [2.24, 2.45) is 5.92 Å². The fraction of sp³-hybridized carbons (Fsp3) is 0.583. The summed E-state index contributed by atoms with van der Waals surface area (Å²) < 4.78 is 2.28. The van der Waals surface area contributed by atoms with Gasteiger partial charge in [-0.1, -0.05) is 25.8 Å². The molecule has 3 aromatic heterocycles. The lowest BCUT2D eigenvalue weighted by Crippen LogP contribution is -2.41. The SMILES string of the molecule is CCC[C@@H](NC(=O)C1CCN(c2ncnc3c2nc2n3CCCCC2)CC1)c1cccs1. The Labute approximate surface area is 193 Å². The van der Waals surface area contributed by atoms with Gasteiger partial charge in [0, 0.05) is 36.9 Å². The van der Waals surface area contributed by atoms with Gasteiger partial charge in [-0.15, -0.1) is 11.3 Å². The van der Waals surface area contributed by atoms with Gasteiger partial charge in [0.1, 0.15) is 12.2 Å². The van der Waals surface area contributed by atoms with Crippen LogP contribution in [-0.2, 0) is 17.8 Å². The zero-order valence-electron chi connectivity index (χ0n) is 18.8. The van der Waals surface area contributed by atoms with Gasteiger partial charge in [0.05, 0.1) is 6.04 Å². The predicted molar refractivity (Wildman–Crippen MR) is 128 cm³/mol. The lowest BCUT2D eigenvalue weighted by atomic mass is 9.95. The zero-order chi connectivity index (χ0) is 21.9. The zero-order valence-corrected chi connectivity index (χ0v) is 19.6. The fourth-order valence-corrected chi connectivity index (χ4v) is 5.88. The molecule has 0 saturated carbocycles. The Morgan fingerprint density at radius 2 is 2.09 bits per heavy atom. The van der Waals surface area contributed by atoms with Crippen LogP contribution >= 0.6 is 11.3 Å². The monoisotopic (exact) mass is 452 g/mol. The maximum absolute atomic E-state index is 13.0. The highest BCUT2D eigenvalue weighted by atomic mass is 32.1. The smallest absolute Gasteiger partial charge is 0.223 e. The van der Waals surface area contributed by atoms with Crippen molar-refractivity contribution in [3.8, 4) is 0 Å². The average Bonchev–Trinajstić information content (AvgIpc) is 3.41. The minimum Gasteiger partial charge on any atom is -0.355 e. The Bertz CT molecular complexity index is 1050. The van der Waals surface area contributed by atoms with E-state index in [9.17, 15) is 4.79 Å². The molecule has 2 aliphatic rings. The van der Waals surface area contributed by atoms with E-state index in [1.807, 2.05) is 0 Å². The van der Waals surface area contributed by atoms with E-state index in [1.54, 1.807) is 17.7 Å². The third kappa shape index (κ3) is 4.25. The second-order valence-electron chi connectivity index (χ2n) is 8.99. The van der Waals surface area contributed by atoms with Crippen LogP contribution in [0.2, 0.25) is 0 Å². The first-order valence-electron chi connectivity index (χ1n) is 12.0. The Balaban J connectivity index is 1.27. The highest BCUT2D eigenvalue weighted by molar-refractivity contribution is 7.10. The van der Waals surface area contributed by atoms with E-state index in [2.05, 4.69) is 49.2 Å². The Hall–Kier alpha value is -2.48. The number of nitrogens with one attached hydrogen (secondary N) is 1. The molecule has 0 radical (unpaired) electrons. The molecule has 1 fully saturated rings. The molecule has 0 aliphatic carbocycles. The van der Waals surface area contributed by atoms with Crippen molar-refractivity contribution in [2.45, 2.75) is 70.9 Å². The lowest BCUT2D eigenvalue weighted by molar-refractivity contribution is -0.126. The molecule has 1 amide bonds. The maximum atomic E-state index is 13.0. The number of hydrogen-bond donors (Lipinski definition) is 1. The number of carbonyl (C=O) groups is 1. The quantitative estimate of drug-likeness (QED) is 0.596. The number of carbonyl (C=O) groups excluding carboxylic acids is 1. The molecule has 2 aliphatic heterocycles. The van der Waals surface area contributed by atoms with E-state index in [-0.39, 0.29) is 17.9 Å². The van der Waals surface area contributed by atoms with Crippen molar-refractivity contribution in [1.82, 2.24) is 24.8 Å². The molecular weight excluding hydrogens is 420 g/mol. The van der Waals surface area contributed by atoms with Crippen LogP contribution in [0.5, 0.6) is 0 Å². The minimum absolute atomic E-state index is 0.0570. The van der Waals surface area contributed by atoms with Crippen molar-refractivity contribution in [3.63, 3.8) is 0 Å². The van der Waals surface area contributed by atoms with Gasteiger partial charge in [0.2, 0.25) is 5.91 Å². The van der Waals surface area contributed by atoms with E-state index >= 15 is 0 Å². The number of nitrogens with zero attached hydrogens (tertiary/aromatic N) is 5. The Kier molecular flexibility index (Phi) is 6.39. The molecule has 170 valence electrons. The average molecular weight is 453 g/mol. The molecular formula is C24H32N6OS. The van der Waals surface area contributed by atoms with Crippen LogP contribution in [0.15, 0.2) is 23.8 Å².